The molecular weight excluding hydrogens is 413 g/mol. The Morgan fingerprint density at radius 2 is 2.03 bits per heavy atom. The second-order valence-corrected chi connectivity index (χ2v) is 10.4. The van der Waals surface area contributed by atoms with Crippen LogP contribution in [0.25, 0.3) is 0 Å². The minimum Gasteiger partial charge on any atom is -0.480 e. The number of hydrogen-bond acceptors (Lipinski definition) is 5. The van der Waals surface area contributed by atoms with Crippen LogP contribution in [0.4, 0.5) is 4.39 Å². The topological polar surface area (TPSA) is 56.7 Å². The lowest BCUT2D eigenvalue weighted by molar-refractivity contribution is -0.142. The summed E-state index contributed by atoms with van der Waals surface area (Å²) >= 11 is 1.83. The van der Waals surface area contributed by atoms with Gasteiger partial charge < -0.3 is 10.0 Å². The van der Waals surface area contributed by atoms with Gasteiger partial charge in [-0.1, -0.05) is 12.1 Å². The van der Waals surface area contributed by atoms with Crippen LogP contribution in [0.5, 0.6) is 0 Å². The van der Waals surface area contributed by atoms with Crippen LogP contribution >= 0.6 is 11.3 Å². The summed E-state index contributed by atoms with van der Waals surface area (Å²) in [5.74, 6) is 0.0226. The summed E-state index contributed by atoms with van der Waals surface area (Å²) in [6, 6.07) is 6.31. The van der Waals surface area contributed by atoms with Gasteiger partial charge in [0.25, 0.3) is 0 Å². The molecule has 2 aliphatic rings. The summed E-state index contributed by atoms with van der Waals surface area (Å²) in [6.07, 6.45) is 2.27. The van der Waals surface area contributed by atoms with E-state index in [1.807, 2.05) is 22.3 Å². The highest BCUT2D eigenvalue weighted by Gasteiger charge is 2.39. The zero-order valence-electron chi connectivity index (χ0n) is 18.6. The Morgan fingerprint density at radius 1 is 1.29 bits per heavy atom. The number of aryl methyl sites for hydroxylation is 2. The van der Waals surface area contributed by atoms with E-state index in [-0.39, 0.29) is 11.7 Å². The minimum absolute atomic E-state index is 0.154. The van der Waals surface area contributed by atoms with Gasteiger partial charge in [0.05, 0.1) is 10.7 Å². The summed E-state index contributed by atoms with van der Waals surface area (Å²) in [7, 11) is 0. The Labute approximate surface area is 187 Å². The Balaban J connectivity index is 1.44. The maximum atomic E-state index is 13.9. The molecule has 1 aromatic carbocycles. The highest BCUT2D eigenvalue weighted by molar-refractivity contribution is 7.11. The van der Waals surface area contributed by atoms with Crippen molar-refractivity contribution in [3.63, 3.8) is 0 Å². The number of rotatable bonds is 6. The number of aliphatic carboxylic acids is 1. The third-order valence-electron chi connectivity index (χ3n) is 7.04. The van der Waals surface area contributed by atoms with E-state index in [9.17, 15) is 14.3 Å². The van der Waals surface area contributed by atoms with Crippen molar-refractivity contribution in [2.24, 2.45) is 5.92 Å². The molecule has 5 nitrogen and oxygen atoms in total. The molecule has 1 unspecified atom stereocenters. The molecule has 1 aromatic heterocycles. The quantitative estimate of drug-likeness (QED) is 0.720. The van der Waals surface area contributed by atoms with E-state index in [4.69, 9.17) is 0 Å². The van der Waals surface area contributed by atoms with Crippen molar-refractivity contribution in [3.05, 3.63) is 51.2 Å². The molecule has 7 heteroatoms. The van der Waals surface area contributed by atoms with Gasteiger partial charge in [-0.05, 0) is 76.2 Å². The van der Waals surface area contributed by atoms with Gasteiger partial charge in [0, 0.05) is 30.4 Å². The normalized spacial score (nSPS) is 24.5. The third-order valence-corrected chi connectivity index (χ3v) is 8.28. The van der Waals surface area contributed by atoms with Gasteiger partial charge in [0.1, 0.15) is 11.9 Å². The predicted octanol–water partition coefficient (Wildman–Crippen LogP) is 4.27. The zero-order chi connectivity index (χ0) is 22.1. The SMILES string of the molecule is Cc1nc(C)c(C2CCN(C[C@H]3CN(C(C)C(=O)O)C[C@@H]3c3cccc(F)c3)CC2)s1. The molecule has 2 aliphatic heterocycles. The number of halogens is 1. The summed E-state index contributed by atoms with van der Waals surface area (Å²) in [6.45, 7) is 10.4. The van der Waals surface area contributed by atoms with Gasteiger partial charge in [0.15, 0.2) is 0 Å². The largest absolute Gasteiger partial charge is 0.480 e. The molecule has 4 rings (SSSR count). The molecule has 2 aromatic rings. The summed E-state index contributed by atoms with van der Waals surface area (Å²) in [5.41, 5.74) is 2.16. The van der Waals surface area contributed by atoms with E-state index < -0.39 is 12.0 Å². The fourth-order valence-corrected chi connectivity index (χ4v) is 6.41. The number of hydrogen-bond donors (Lipinski definition) is 1. The summed E-state index contributed by atoms with van der Waals surface area (Å²) in [5, 5.41) is 10.6. The molecule has 1 N–H and O–H groups in total. The van der Waals surface area contributed by atoms with Crippen LogP contribution in [0.1, 0.15) is 52.7 Å². The number of piperidine rings is 1. The molecule has 0 spiro atoms. The van der Waals surface area contributed by atoms with Gasteiger partial charge in [-0.15, -0.1) is 11.3 Å². The predicted molar refractivity (Wildman–Crippen MR) is 121 cm³/mol. The van der Waals surface area contributed by atoms with Gasteiger partial charge in [-0.3, -0.25) is 9.69 Å². The molecule has 0 bridgehead atoms. The average Bonchev–Trinajstić information content (AvgIpc) is 3.30. The van der Waals surface area contributed by atoms with E-state index in [0.29, 0.717) is 18.4 Å². The fourth-order valence-electron chi connectivity index (χ4n) is 5.31. The van der Waals surface area contributed by atoms with Crippen LogP contribution < -0.4 is 0 Å². The first-order chi connectivity index (χ1) is 14.8. The molecule has 168 valence electrons. The zero-order valence-corrected chi connectivity index (χ0v) is 19.4. The van der Waals surface area contributed by atoms with Crippen molar-refractivity contribution in [2.45, 2.75) is 51.5 Å². The van der Waals surface area contributed by atoms with Gasteiger partial charge >= 0.3 is 5.97 Å². The molecular formula is C24H32FN3O2S. The lowest BCUT2D eigenvalue weighted by atomic mass is 9.87. The van der Waals surface area contributed by atoms with E-state index in [2.05, 4.69) is 23.7 Å². The summed E-state index contributed by atoms with van der Waals surface area (Å²) < 4.78 is 13.9. The van der Waals surface area contributed by atoms with E-state index >= 15 is 0 Å². The van der Waals surface area contributed by atoms with Crippen LogP contribution in [0.2, 0.25) is 0 Å². The molecule has 0 radical (unpaired) electrons. The highest BCUT2D eigenvalue weighted by atomic mass is 32.1. The monoisotopic (exact) mass is 445 g/mol. The first-order valence-electron chi connectivity index (χ1n) is 11.2. The molecule has 3 atom stereocenters. The third kappa shape index (κ3) is 4.99. The Kier molecular flexibility index (Phi) is 6.74. The fraction of sp³-hybridized carbons (Fsp3) is 0.583. The molecule has 0 amide bonds. The number of thiazole rings is 1. The highest BCUT2D eigenvalue weighted by Crippen LogP contribution is 2.37. The van der Waals surface area contributed by atoms with Crippen molar-refractivity contribution < 1.29 is 14.3 Å². The number of benzene rings is 1. The Bertz CT molecular complexity index is 925. The van der Waals surface area contributed by atoms with Crippen LogP contribution in [-0.2, 0) is 4.79 Å². The molecule has 2 saturated heterocycles. The van der Waals surface area contributed by atoms with Gasteiger partial charge in [0.2, 0.25) is 0 Å². The lowest BCUT2D eigenvalue weighted by Crippen LogP contribution is -2.40. The van der Waals surface area contributed by atoms with Crippen molar-refractivity contribution in [3.8, 4) is 0 Å². The van der Waals surface area contributed by atoms with Crippen molar-refractivity contribution in [1.29, 1.82) is 0 Å². The van der Waals surface area contributed by atoms with E-state index in [1.165, 1.54) is 16.6 Å². The first kappa shape index (κ1) is 22.4. The Morgan fingerprint density at radius 3 is 2.65 bits per heavy atom. The van der Waals surface area contributed by atoms with Crippen molar-refractivity contribution >= 4 is 17.3 Å². The second kappa shape index (κ2) is 9.35. The lowest BCUT2D eigenvalue weighted by Gasteiger charge is -2.34. The number of carbonyl (C=O) groups is 1. The molecule has 3 heterocycles. The van der Waals surface area contributed by atoms with Crippen LogP contribution in [0.3, 0.4) is 0 Å². The smallest absolute Gasteiger partial charge is 0.320 e. The minimum atomic E-state index is -0.797. The number of aromatic nitrogens is 1. The molecule has 0 aliphatic carbocycles. The molecule has 0 saturated carbocycles. The van der Waals surface area contributed by atoms with E-state index in [0.717, 1.165) is 49.6 Å². The molecule has 31 heavy (non-hydrogen) atoms. The van der Waals surface area contributed by atoms with Crippen LogP contribution in [0.15, 0.2) is 24.3 Å². The number of nitrogens with zero attached hydrogens (tertiary/aromatic N) is 3. The van der Waals surface area contributed by atoms with Crippen LogP contribution in [-0.4, -0.2) is 64.6 Å². The van der Waals surface area contributed by atoms with Crippen molar-refractivity contribution in [2.75, 3.05) is 32.7 Å². The first-order valence-corrected chi connectivity index (χ1v) is 12.0. The average molecular weight is 446 g/mol. The summed E-state index contributed by atoms with van der Waals surface area (Å²) in [4.78, 5) is 22.2. The Hall–Kier alpha value is -1.83. The maximum absolute atomic E-state index is 13.9. The number of likely N-dealkylation sites (tertiary alicyclic amines) is 2. The van der Waals surface area contributed by atoms with Crippen LogP contribution in [0, 0.1) is 25.6 Å². The van der Waals surface area contributed by atoms with E-state index in [1.54, 1.807) is 19.1 Å². The van der Waals surface area contributed by atoms with Crippen molar-refractivity contribution in [1.82, 2.24) is 14.8 Å². The maximum Gasteiger partial charge on any atom is 0.320 e. The van der Waals surface area contributed by atoms with Gasteiger partial charge in [-0.2, -0.15) is 0 Å². The molecule has 2 fully saturated rings. The second-order valence-electron chi connectivity index (χ2n) is 9.15. The standard InChI is InChI=1S/C24H32FN3O2S/c1-15-23(31-17(3)26-15)18-7-9-27(10-8-18)12-20-13-28(16(2)24(29)30)14-22(20)19-5-4-6-21(25)11-19/h4-6,11,16,18,20,22H,7-10,12-14H2,1-3H3,(H,29,30)/t16?,20-,22+/m0/s1. The van der Waals surface area contributed by atoms with Gasteiger partial charge in [-0.25, -0.2) is 9.37 Å². The number of carboxylic acids is 1. The number of carboxylic acid groups (broad SMARTS) is 1.